The normalized spacial score (nSPS) is 13.1. The van der Waals surface area contributed by atoms with Gasteiger partial charge in [-0.2, -0.15) is 0 Å². The number of benzene rings is 1. The van der Waals surface area contributed by atoms with E-state index in [-0.39, 0.29) is 0 Å². The van der Waals surface area contributed by atoms with Crippen LogP contribution in [0, 0.1) is 0 Å². The summed E-state index contributed by atoms with van der Waals surface area (Å²) in [6.07, 6.45) is -0.479. The van der Waals surface area contributed by atoms with E-state index in [0.29, 0.717) is 25.1 Å². The van der Waals surface area contributed by atoms with Crippen molar-refractivity contribution in [2.45, 2.75) is 45.8 Å². The molecule has 0 spiro atoms. The van der Waals surface area contributed by atoms with Gasteiger partial charge in [0, 0.05) is 12.6 Å². The fourth-order valence-corrected chi connectivity index (χ4v) is 1.71. The molecule has 1 atom stereocenters. The van der Waals surface area contributed by atoms with E-state index in [9.17, 15) is 5.11 Å². The Morgan fingerprint density at radius 2 is 1.83 bits per heavy atom. The van der Waals surface area contributed by atoms with Gasteiger partial charge >= 0.3 is 0 Å². The molecule has 0 saturated heterocycles. The summed E-state index contributed by atoms with van der Waals surface area (Å²) in [5.41, 5.74) is 1.18. The molecule has 3 nitrogen and oxygen atoms in total. The van der Waals surface area contributed by atoms with E-state index in [1.54, 1.807) is 0 Å². The molecule has 0 saturated carbocycles. The summed E-state index contributed by atoms with van der Waals surface area (Å²) in [6.45, 7) is 9.27. The number of ether oxygens (including phenoxy) is 1. The van der Waals surface area contributed by atoms with Crippen LogP contribution in [-0.4, -0.2) is 30.4 Å². The number of aliphatic hydroxyl groups is 1. The Morgan fingerprint density at radius 3 is 2.44 bits per heavy atom. The molecule has 102 valence electrons. The fourth-order valence-electron chi connectivity index (χ4n) is 1.71. The molecule has 1 aromatic carbocycles. The van der Waals surface area contributed by atoms with Crippen LogP contribution in [0.15, 0.2) is 24.3 Å². The Bertz CT molecular complexity index is 350. The maximum atomic E-state index is 9.80. The molecule has 1 aromatic rings. The zero-order valence-electron chi connectivity index (χ0n) is 11.8. The van der Waals surface area contributed by atoms with Gasteiger partial charge in [0.15, 0.2) is 0 Å². The molecule has 0 unspecified atom stereocenters. The summed E-state index contributed by atoms with van der Waals surface area (Å²) in [6, 6.07) is 8.37. The van der Waals surface area contributed by atoms with Crippen molar-refractivity contribution >= 4 is 0 Å². The van der Waals surface area contributed by atoms with Crippen molar-refractivity contribution in [3.05, 3.63) is 29.8 Å². The number of hydrogen-bond donors (Lipinski definition) is 2. The second kappa shape index (κ2) is 7.39. The summed E-state index contributed by atoms with van der Waals surface area (Å²) in [7, 11) is 0. The second-order valence-electron chi connectivity index (χ2n) is 5.22. The highest BCUT2D eigenvalue weighted by molar-refractivity contribution is 5.35. The van der Waals surface area contributed by atoms with Gasteiger partial charge in [-0.25, -0.2) is 0 Å². The average molecular weight is 251 g/mol. The lowest BCUT2D eigenvalue weighted by Gasteiger charge is -2.17. The zero-order chi connectivity index (χ0) is 13.5. The van der Waals surface area contributed by atoms with Crippen molar-refractivity contribution in [3.63, 3.8) is 0 Å². The minimum atomic E-state index is -0.479. The Morgan fingerprint density at radius 1 is 1.17 bits per heavy atom. The molecule has 0 aliphatic carbocycles. The molecule has 1 rings (SSSR count). The SMILES string of the molecule is CC(C)NC[C@H](O)COc1ccccc1C(C)C. The van der Waals surface area contributed by atoms with Crippen molar-refractivity contribution < 1.29 is 9.84 Å². The quantitative estimate of drug-likeness (QED) is 0.782. The monoisotopic (exact) mass is 251 g/mol. The highest BCUT2D eigenvalue weighted by atomic mass is 16.5. The van der Waals surface area contributed by atoms with Gasteiger partial charge in [-0.1, -0.05) is 45.9 Å². The summed E-state index contributed by atoms with van der Waals surface area (Å²) in [5, 5.41) is 13.0. The van der Waals surface area contributed by atoms with Gasteiger partial charge < -0.3 is 15.2 Å². The summed E-state index contributed by atoms with van der Waals surface area (Å²) in [4.78, 5) is 0. The number of para-hydroxylation sites is 1. The van der Waals surface area contributed by atoms with Gasteiger partial charge in [0.1, 0.15) is 18.5 Å². The van der Waals surface area contributed by atoms with Crippen molar-refractivity contribution in [3.8, 4) is 5.75 Å². The van der Waals surface area contributed by atoms with Crippen LogP contribution in [0.2, 0.25) is 0 Å². The highest BCUT2D eigenvalue weighted by Crippen LogP contribution is 2.25. The Labute approximate surface area is 110 Å². The van der Waals surface area contributed by atoms with Gasteiger partial charge in [0.2, 0.25) is 0 Å². The van der Waals surface area contributed by atoms with Crippen molar-refractivity contribution in [1.29, 1.82) is 0 Å². The molecule has 0 aromatic heterocycles. The van der Waals surface area contributed by atoms with Gasteiger partial charge in [-0.15, -0.1) is 0 Å². The first kappa shape index (κ1) is 15.0. The van der Waals surface area contributed by atoms with Gasteiger partial charge in [0.05, 0.1) is 0 Å². The van der Waals surface area contributed by atoms with Crippen LogP contribution in [0.25, 0.3) is 0 Å². The minimum absolute atomic E-state index is 0.323. The van der Waals surface area contributed by atoms with E-state index in [0.717, 1.165) is 5.75 Å². The molecule has 0 fully saturated rings. The second-order valence-corrected chi connectivity index (χ2v) is 5.22. The van der Waals surface area contributed by atoms with E-state index in [4.69, 9.17) is 4.74 Å². The first-order chi connectivity index (χ1) is 8.50. The Kier molecular flexibility index (Phi) is 6.16. The lowest BCUT2D eigenvalue weighted by atomic mass is 10.0. The maximum Gasteiger partial charge on any atom is 0.122 e. The molecule has 0 radical (unpaired) electrons. The van der Waals surface area contributed by atoms with Crippen LogP contribution in [0.4, 0.5) is 0 Å². The van der Waals surface area contributed by atoms with Crippen LogP contribution < -0.4 is 10.1 Å². The largest absolute Gasteiger partial charge is 0.491 e. The number of rotatable bonds is 7. The lowest BCUT2D eigenvalue weighted by molar-refractivity contribution is 0.104. The topological polar surface area (TPSA) is 41.5 Å². The molecule has 0 heterocycles. The van der Waals surface area contributed by atoms with Crippen LogP contribution in [-0.2, 0) is 0 Å². The van der Waals surface area contributed by atoms with E-state index >= 15 is 0 Å². The first-order valence-corrected chi connectivity index (χ1v) is 6.64. The molecule has 2 N–H and O–H groups in total. The summed E-state index contributed by atoms with van der Waals surface area (Å²) >= 11 is 0. The third-order valence-electron chi connectivity index (χ3n) is 2.73. The number of aliphatic hydroxyl groups excluding tert-OH is 1. The van der Waals surface area contributed by atoms with Gasteiger partial charge in [-0.05, 0) is 17.5 Å². The summed E-state index contributed by atoms with van der Waals surface area (Å²) < 4.78 is 5.70. The Balaban J connectivity index is 2.48. The average Bonchev–Trinajstić information content (AvgIpc) is 2.34. The highest BCUT2D eigenvalue weighted by Gasteiger charge is 2.10. The molecule has 0 bridgehead atoms. The van der Waals surface area contributed by atoms with E-state index in [1.807, 2.05) is 18.2 Å². The van der Waals surface area contributed by atoms with E-state index in [1.165, 1.54) is 5.56 Å². The molecular formula is C15H25NO2. The standard InChI is InChI=1S/C15H25NO2/c1-11(2)14-7-5-6-8-15(14)18-10-13(17)9-16-12(3)4/h5-8,11-13,16-17H,9-10H2,1-4H3/t13-/m0/s1. The molecular weight excluding hydrogens is 226 g/mol. The Hall–Kier alpha value is -1.06. The number of hydrogen-bond acceptors (Lipinski definition) is 3. The molecule has 0 aliphatic rings. The van der Waals surface area contributed by atoms with Crippen LogP contribution in [0.1, 0.15) is 39.2 Å². The van der Waals surface area contributed by atoms with Crippen LogP contribution in [0.5, 0.6) is 5.75 Å². The van der Waals surface area contributed by atoms with Crippen molar-refractivity contribution in [1.82, 2.24) is 5.32 Å². The van der Waals surface area contributed by atoms with Crippen LogP contribution >= 0.6 is 0 Å². The minimum Gasteiger partial charge on any atom is -0.491 e. The van der Waals surface area contributed by atoms with Crippen molar-refractivity contribution in [2.24, 2.45) is 0 Å². The summed E-state index contributed by atoms with van der Waals surface area (Å²) in [5.74, 6) is 1.29. The molecule has 0 amide bonds. The predicted molar refractivity (Wildman–Crippen MR) is 75.2 cm³/mol. The maximum absolute atomic E-state index is 9.80. The molecule has 18 heavy (non-hydrogen) atoms. The fraction of sp³-hybridized carbons (Fsp3) is 0.600. The molecule has 3 heteroatoms. The van der Waals surface area contributed by atoms with E-state index < -0.39 is 6.10 Å². The van der Waals surface area contributed by atoms with Gasteiger partial charge in [0.25, 0.3) is 0 Å². The third kappa shape index (κ3) is 5.07. The van der Waals surface area contributed by atoms with E-state index in [2.05, 4.69) is 39.1 Å². The van der Waals surface area contributed by atoms with Crippen molar-refractivity contribution in [2.75, 3.05) is 13.2 Å². The van der Waals surface area contributed by atoms with Crippen LogP contribution in [0.3, 0.4) is 0 Å². The lowest BCUT2D eigenvalue weighted by Crippen LogP contribution is -2.35. The predicted octanol–water partition coefficient (Wildman–Crippen LogP) is 2.55. The smallest absolute Gasteiger partial charge is 0.122 e. The third-order valence-corrected chi connectivity index (χ3v) is 2.73. The molecule has 0 aliphatic heterocycles. The number of nitrogens with one attached hydrogen (secondary N) is 1. The first-order valence-electron chi connectivity index (χ1n) is 6.64. The zero-order valence-corrected chi connectivity index (χ0v) is 11.8. The van der Waals surface area contributed by atoms with Gasteiger partial charge in [-0.3, -0.25) is 0 Å².